The Morgan fingerprint density at radius 2 is 1.94 bits per heavy atom. The number of nitrogens with zero attached hydrogens (tertiary/aromatic N) is 2. The summed E-state index contributed by atoms with van der Waals surface area (Å²) < 4.78 is 5.85. The maximum absolute atomic E-state index is 12.7. The van der Waals surface area contributed by atoms with Crippen molar-refractivity contribution in [1.82, 2.24) is 9.97 Å². The summed E-state index contributed by atoms with van der Waals surface area (Å²) in [5.74, 6) is -0.520. The molecule has 1 atom stereocenters. The third-order valence-electron chi connectivity index (χ3n) is 4.70. The molecule has 0 fully saturated rings. The monoisotopic (exact) mass is 451 g/mol. The van der Waals surface area contributed by atoms with Crippen molar-refractivity contribution in [3.05, 3.63) is 59.7 Å². The van der Waals surface area contributed by atoms with Crippen LogP contribution in [0.4, 0.5) is 5.13 Å². The van der Waals surface area contributed by atoms with Gasteiger partial charge in [-0.1, -0.05) is 41.3 Å². The number of rotatable bonds is 6. The van der Waals surface area contributed by atoms with Gasteiger partial charge in [-0.15, -0.1) is 0 Å². The van der Waals surface area contributed by atoms with Crippen LogP contribution < -0.4 is 5.32 Å². The smallest absolute Gasteiger partial charge is 0.338 e. The number of thiazole rings is 1. The molecule has 6 nitrogen and oxygen atoms in total. The van der Waals surface area contributed by atoms with Gasteiger partial charge in [-0.3, -0.25) is 4.79 Å². The lowest BCUT2D eigenvalue weighted by atomic mass is 10.1. The summed E-state index contributed by atoms with van der Waals surface area (Å²) in [4.78, 5) is 33.8. The summed E-state index contributed by atoms with van der Waals surface area (Å²) in [5.41, 5.74) is 3.24. The van der Waals surface area contributed by atoms with E-state index in [9.17, 15) is 9.59 Å². The number of hydrogen-bond acceptors (Lipinski definition) is 7. The molecule has 1 N–H and O–H groups in total. The van der Waals surface area contributed by atoms with Crippen molar-refractivity contribution in [3.8, 4) is 0 Å². The summed E-state index contributed by atoms with van der Waals surface area (Å²) in [7, 11) is 0. The third kappa shape index (κ3) is 4.70. The van der Waals surface area contributed by atoms with E-state index in [1.807, 2.05) is 44.2 Å². The van der Waals surface area contributed by atoms with Crippen molar-refractivity contribution in [2.75, 3.05) is 11.9 Å². The van der Waals surface area contributed by atoms with Crippen molar-refractivity contribution in [3.63, 3.8) is 0 Å². The molecule has 4 aromatic rings. The minimum absolute atomic E-state index is 0.151. The summed E-state index contributed by atoms with van der Waals surface area (Å²) in [5, 5.41) is 4.94. The second-order valence-corrected chi connectivity index (χ2v) is 9.36. The number of pyridine rings is 1. The number of ether oxygens (including phenoxy) is 1. The Labute approximate surface area is 188 Å². The fourth-order valence-electron chi connectivity index (χ4n) is 3.14. The molecule has 1 amide bonds. The van der Waals surface area contributed by atoms with Crippen molar-refractivity contribution in [1.29, 1.82) is 0 Å². The number of hydrogen-bond donors (Lipinski definition) is 1. The molecular weight excluding hydrogens is 430 g/mol. The van der Waals surface area contributed by atoms with E-state index in [4.69, 9.17) is 4.74 Å². The number of thioether (sulfide) groups is 1. The van der Waals surface area contributed by atoms with Crippen molar-refractivity contribution in [2.45, 2.75) is 31.0 Å². The molecule has 0 bridgehead atoms. The lowest BCUT2D eigenvalue weighted by Gasteiger charge is -2.11. The predicted molar refractivity (Wildman–Crippen MR) is 126 cm³/mol. The zero-order valence-electron chi connectivity index (χ0n) is 17.3. The molecule has 158 valence electrons. The summed E-state index contributed by atoms with van der Waals surface area (Å²) in [6, 6.07) is 15.1. The first-order valence-electron chi connectivity index (χ1n) is 9.86. The number of aromatic nitrogens is 2. The number of amides is 1. The first-order valence-corrected chi connectivity index (χ1v) is 11.6. The summed E-state index contributed by atoms with van der Waals surface area (Å²) >= 11 is 2.74. The number of carbonyl (C=O) groups is 2. The largest absolute Gasteiger partial charge is 0.462 e. The number of anilines is 1. The average Bonchev–Trinajstić information content (AvgIpc) is 3.15. The molecule has 0 aliphatic carbocycles. The van der Waals surface area contributed by atoms with Gasteiger partial charge in [0.05, 0.1) is 38.2 Å². The van der Waals surface area contributed by atoms with Gasteiger partial charge in [0.25, 0.3) is 0 Å². The van der Waals surface area contributed by atoms with E-state index < -0.39 is 0 Å². The average molecular weight is 452 g/mol. The molecule has 0 aliphatic heterocycles. The number of benzene rings is 2. The minimum atomic E-state index is -0.369. The number of para-hydroxylation sites is 1. The molecular formula is C23H21N3O3S2. The van der Waals surface area contributed by atoms with Crippen LogP contribution in [-0.4, -0.2) is 33.7 Å². The van der Waals surface area contributed by atoms with Crippen LogP contribution in [0.15, 0.2) is 53.6 Å². The third-order valence-corrected chi connectivity index (χ3v) is 6.65. The van der Waals surface area contributed by atoms with E-state index in [0.717, 1.165) is 31.7 Å². The van der Waals surface area contributed by atoms with Gasteiger partial charge in [-0.25, -0.2) is 14.8 Å². The zero-order valence-corrected chi connectivity index (χ0v) is 19.0. The molecule has 4 rings (SSSR count). The van der Waals surface area contributed by atoms with E-state index in [0.29, 0.717) is 17.3 Å². The molecule has 31 heavy (non-hydrogen) atoms. The molecule has 8 heteroatoms. The molecule has 1 unspecified atom stereocenters. The Morgan fingerprint density at radius 3 is 2.74 bits per heavy atom. The highest BCUT2D eigenvalue weighted by Crippen LogP contribution is 2.30. The van der Waals surface area contributed by atoms with Gasteiger partial charge in [-0.05, 0) is 56.7 Å². The van der Waals surface area contributed by atoms with Crippen molar-refractivity contribution >= 4 is 61.2 Å². The SMILES string of the molecule is CCOC(=O)c1ccc2nc(NC(=O)C(C)Sc3cc(C)c4ccccc4n3)sc2c1. The Bertz CT molecular complexity index is 1290. The highest BCUT2D eigenvalue weighted by Gasteiger charge is 2.18. The van der Waals surface area contributed by atoms with Crippen molar-refractivity contribution in [2.24, 2.45) is 0 Å². The number of nitrogens with one attached hydrogen (secondary N) is 1. The maximum atomic E-state index is 12.7. The second-order valence-electron chi connectivity index (χ2n) is 6.97. The topological polar surface area (TPSA) is 81.2 Å². The molecule has 2 aromatic heterocycles. The maximum Gasteiger partial charge on any atom is 0.338 e. The Morgan fingerprint density at radius 1 is 1.13 bits per heavy atom. The van der Waals surface area contributed by atoms with Crippen LogP contribution in [0.25, 0.3) is 21.1 Å². The molecule has 0 spiro atoms. The Balaban J connectivity index is 1.47. The first-order chi connectivity index (χ1) is 14.9. The lowest BCUT2D eigenvalue weighted by Crippen LogP contribution is -2.22. The van der Waals surface area contributed by atoms with E-state index in [1.54, 1.807) is 25.1 Å². The fourth-order valence-corrected chi connectivity index (χ4v) is 4.97. The predicted octanol–water partition coefficient (Wildman–Crippen LogP) is 5.45. The Hall–Kier alpha value is -2.97. The van der Waals surface area contributed by atoms with E-state index in [2.05, 4.69) is 15.3 Å². The quantitative estimate of drug-likeness (QED) is 0.310. The van der Waals surface area contributed by atoms with E-state index >= 15 is 0 Å². The van der Waals surface area contributed by atoms with E-state index in [1.165, 1.54) is 23.1 Å². The van der Waals surface area contributed by atoms with Crippen LogP contribution in [0.1, 0.15) is 29.8 Å². The molecule has 0 radical (unpaired) electrons. The van der Waals surface area contributed by atoms with Crippen LogP contribution >= 0.6 is 23.1 Å². The van der Waals surface area contributed by atoms with E-state index in [-0.39, 0.29) is 17.1 Å². The molecule has 0 saturated heterocycles. The van der Waals surface area contributed by atoms with Crippen LogP contribution in [-0.2, 0) is 9.53 Å². The minimum Gasteiger partial charge on any atom is -0.462 e. The van der Waals surface area contributed by atoms with Crippen LogP contribution in [0.3, 0.4) is 0 Å². The normalized spacial score (nSPS) is 12.1. The van der Waals surface area contributed by atoms with Crippen LogP contribution in [0.5, 0.6) is 0 Å². The van der Waals surface area contributed by atoms with Crippen molar-refractivity contribution < 1.29 is 14.3 Å². The fraction of sp³-hybridized carbons (Fsp3) is 0.217. The van der Waals surface area contributed by atoms with Gasteiger partial charge in [0, 0.05) is 5.39 Å². The standard InChI is InChI=1S/C23H21N3O3S2/c1-4-29-22(28)15-9-10-18-19(12-15)31-23(25-18)26-21(27)14(3)30-20-11-13(2)16-7-5-6-8-17(16)24-20/h5-12,14H,4H2,1-3H3,(H,25,26,27). The molecule has 0 aliphatic rings. The Kier molecular flexibility index (Phi) is 6.20. The second kappa shape index (κ2) is 9.03. The number of esters is 1. The van der Waals surface area contributed by atoms with Gasteiger partial charge >= 0.3 is 5.97 Å². The zero-order chi connectivity index (χ0) is 22.0. The van der Waals surface area contributed by atoms with Gasteiger partial charge in [0.2, 0.25) is 5.91 Å². The number of aryl methyl sites for hydroxylation is 1. The molecule has 2 aromatic carbocycles. The van der Waals surface area contributed by atoms with Crippen LogP contribution in [0, 0.1) is 6.92 Å². The molecule has 0 saturated carbocycles. The number of carbonyl (C=O) groups excluding carboxylic acids is 2. The van der Waals surface area contributed by atoms with Gasteiger partial charge in [0.1, 0.15) is 0 Å². The first kappa shape index (κ1) is 21.3. The number of fused-ring (bicyclic) bond motifs is 2. The summed E-state index contributed by atoms with van der Waals surface area (Å²) in [6.45, 7) is 5.98. The van der Waals surface area contributed by atoms with Crippen LogP contribution in [0.2, 0.25) is 0 Å². The molecule has 2 heterocycles. The van der Waals surface area contributed by atoms with Gasteiger partial charge in [0.15, 0.2) is 5.13 Å². The summed E-state index contributed by atoms with van der Waals surface area (Å²) in [6.07, 6.45) is 0. The highest BCUT2D eigenvalue weighted by molar-refractivity contribution is 8.00. The highest BCUT2D eigenvalue weighted by atomic mass is 32.2. The van der Waals surface area contributed by atoms with Gasteiger partial charge < -0.3 is 10.1 Å². The van der Waals surface area contributed by atoms with Gasteiger partial charge in [-0.2, -0.15) is 0 Å². The lowest BCUT2D eigenvalue weighted by molar-refractivity contribution is -0.115.